The Bertz CT molecular complexity index is 1120. The largest absolute Gasteiger partial charge is 0.275 e. The highest BCUT2D eigenvalue weighted by Crippen LogP contribution is 2.28. The SMILES string of the molecule is Cc1ccc(S(=O)(=O)Nn2c(-c3ccccc3)ccc2-c2ccccc2)cc1. The van der Waals surface area contributed by atoms with Gasteiger partial charge in [0.25, 0.3) is 10.0 Å². The van der Waals surface area contributed by atoms with Crippen molar-refractivity contribution in [3.8, 4) is 22.5 Å². The predicted molar refractivity (Wildman–Crippen MR) is 113 cm³/mol. The first-order valence-corrected chi connectivity index (χ1v) is 10.4. The molecule has 4 aromatic rings. The highest BCUT2D eigenvalue weighted by atomic mass is 32.2. The summed E-state index contributed by atoms with van der Waals surface area (Å²) >= 11 is 0. The summed E-state index contributed by atoms with van der Waals surface area (Å²) < 4.78 is 27.7. The molecule has 4 rings (SSSR count). The Kier molecular flexibility index (Phi) is 4.75. The molecular weight excluding hydrogens is 368 g/mol. The number of nitrogens with zero attached hydrogens (tertiary/aromatic N) is 1. The van der Waals surface area contributed by atoms with Crippen molar-refractivity contribution >= 4 is 10.0 Å². The van der Waals surface area contributed by atoms with Crippen LogP contribution in [0.2, 0.25) is 0 Å². The highest BCUT2D eigenvalue weighted by molar-refractivity contribution is 7.92. The van der Waals surface area contributed by atoms with Gasteiger partial charge in [-0.05, 0) is 31.2 Å². The zero-order valence-electron chi connectivity index (χ0n) is 15.4. The molecule has 5 heteroatoms. The van der Waals surface area contributed by atoms with Crippen molar-refractivity contribution in [1.29, 1.82) is 0 Å². The maximum Gasteiger partial charge on any atom is 0.275 e. The number of aryl methyl sites for hydroxylation is 1. The molecule has 0 aliphatic heterocycles. The smallest absolute Gasteiger partial charge is 0.246 e. The summed E-state index contributed by atoms with van der Waals surface area (Å²) in [6.07, 6.45) is 0. The average molecular weight is 388 g/mol. The van der Waals surface area contributed by atoms with E-state index in [1.54, 1.807) is 28.9 Å². The van der Waals surface area contributed by atoms with Crippen molar-refractivity contribution in [3.05, 3.63) is 103 Å². The zero-order valence-corrected chi connectivity index (χ0v) is 16.2. The van der Waals surface area contributed by atoms with Crippen molar-refractivity contribution in [2.75, 3.05) is 4.83 Å². The molecule has 0 atom stereocenters. The second-order valence-corrected chi connectivity index (χ2v) is 8.24. The van der Waals surface area contributed by atoms with Gasteiger partial charge in [-0.15, -0.1) is 0 Å². The Balaban J connectivity index is 1.84. The topological polar surface area (TPSA) is 51.1 Å². The van der Waals surface area contributed by atoms with E-state index in [4.69, 9.17) is 0 Å². The summed E-state index contributed by atoms with van der Waals surface area (Å²) in [5.74, 6) is 0. The summed E-state index contributed by atoms with van der Waals surface area (Å²) in [6.45, 7) is 1.93. The monoisotopic (exact) mass is 388 g/mol. The van der Waals surface area contributed by atoms with Gasteiger partial charge in [0.15, 0.2) is 0 Å². The third kappa shape index (κ3) is 3.57. The highest BCUT2D eigenvalue weighted by Gasteiger charge is 2.19. The van der Waals surface area contributed by atoms with Crippen LogP contribution >= 0.6 is 0 Å². The Morgan fingerprint density at radius 1 is 0.643 bits per heavy atom. The fraction of sp³-hybridized carbons (Fsp3) is 0.0435. The van der Waals surface area contributed by atoms with E-state index < -0.39 is 10.0 Å². The quantitative estimate of drug-likeness (QED) is 0.519. The predicted octanol–water partition coefficient (Wildman–Crippen LogP) is 5.06. The van der Waals surface area contributed by atoms with Crippen LogP contribution in [0.1, 0.15) is 5.56 Å². The van der Waals surface area contributed by atoms with Gasteiger partial charge in [-0.3, -0.25) is 0 Å². The Morgan fingerprint density at radius 3 is 1.57 bits per heavy atom. The van der Waals surface area contributed by atoms with E-state index >= 15 is 0 Å². The third-order valence-corrected chi connectivity index (χ3v) is 5.88. The van der Waals surface area contributed by atoms with Crippen molar-refractivity contribution in [1.82, 2.24) is 4.68 Å². The number of aromatic nitrogens is 1. The lowest BCUT2D eigenvalue weighted by Crippen LogP contribution is -2.24. The molecule has 0 aliphatic rings. The number of nitrogens with one attached hydrogen (secondary N) is 1. The standard InChI is InChI=1S/C23H20N2O2S/c1-18-12-14-21(15-13-18)28(26,27)24-25-22(19-8-4-2-5-9-19)16-17-23(25)20-10-6-3-7-11-20/h2-17,24H,1H3. The van der Waals surface area contributed by atoms with Crippen LogP contribution in [0.15, 0.2) is 102 Å². The van der Waals surface area contributed by atoms with Crippen LogP contribution in [0.25, 0.3) is 22.5 Å². The van der Waals surface area contributed by atoms with Gasteiger partial charge in [-0.1, -0.05) is 78.4 Å². The van der Waals surface area contributed by atoms with Gasteiger partial charge in [-0.2, -0.15) is 8.42 Å². The molecule has 1 N–H and O–H groups in total. The van der Waals surface area contributed by atoms with Crippen LogP contribution < -0.4 is 4.83 Å². The van der Waals surface area contributed by atoms with Crippen LogP contribution in [0, 0.1) is 6.92 Å². The number of rotatable bonds is 5. The molecule has 4 nitrogen and oxygen atoms in total. The van der Waals surface area contributed by atoms with Gasteiger partial charge in [0.2, 0.25) is 0 Å². The van der Waals surface area contributed by atoms with Crippen molar-refractivity contribution in [3.63, 3.8) is 0 Å². The summed E-state index contributed by atoms with van der Waals surface area (Å²) in [4.78, 5) is 2.98. The van der Waals surface area contributed by atoms with Crippen molar-refractivity contribution < 1.29 is 8.42 Å². The number of sulfonamides is 1. The van der Waals surface area contributed by atoms with E-state index in [1.165, 1.54) is 0 Å². The van der Waals surface area contributed by atoms with Gasteiger partial charge in [-0.25, -0.2) is 9.51 Å². The van der Waals surface area contributed by atoms with Gasteiger partial charge in [0, 0.05) is 11.1 Å². The first kappa shape index (κ1) is 18.1. The minimum absolute atomic E-state index is 0.227. The molecule has 1 heterocycles. The van der Waals surface area contributed by atoms with E-state index in [1.807, 2.05) is 79.7 Å². The number of hydrogen-bond acceptors (Lipinski definition) is 2. The molecule has 0 aliphatic carbocycles. The van der Waals surface area contributed by atoms with Crippen LogP contribution in [-0.4, -0.2) is 13.1 Å². The molecule has 3 aromatic carbocycles. The normalized spacial score (nSPS) is 11.3. The molecule has 0 bridgehead atoms. The lowest BCUT2D eigenvalue weighted by atomic mass is 10.2. The molecule has 28 heavy (non-hydrogen) atoms. The minimum atomic E-state index is -3.75. The van der Waals surface area contributed by atoms with Crippen molar-refractivity contribution in [2.45, 2.75) is 11.8 Å². The second kappa shape index (κ2) is 7.37. The summed E-state index contributed by atoms with van der Waals surface area (Å²) in [6, 6.07) is 30.1. The Hall–Kier alpha value is -3.31. The second-order valence-electron chi connectivity index (χ2n) is 6.58. The van der Waals surface area contributed by atoms with Crippen LogP contribution in [0.4, 0.5) is 0 Å². The fourth-order valence-corrected chi connectivity index (χ4v) is 4.13. The molecule has 0 spiro atoms. The van der Waals surface area contributed by atoms with E-state index in [0.29, 0.717) is 0 Å². The molecule has 0 amide bonds. The molecule has 0 radical (unpaired) electrons. The molecular formula is C23H20N2O2S. The fourth-order valence-electron chi connectivity index (χ4n) is 3.09. The van der Waals surface area contributed by atoms with Gasteiger partial charge < -0.3 is 0 Å². The Morgan fingerprint density at radius 2 is 1.11 bits per heavy atom. The van der Waals surface area contributed by atoms with Crippen LogP contribution in [0.3, 0.4) is 0 Å². The first-order chi connectivity index (χ1) is 13.5. The molecule has 0 fully saturated rings. The molecule has 1 aromatic heterocycles. The van der Waals surface area contributed by atoms with Gasteiger partial charge in [0.1, 0.15) is 0 Å². The molecule has 0 saturated heterocycles. The lowest BCUT2D eigenvalue weighted by molar-refractivity contribution is 0.596. The number of hydrogen-bond donors (Lipinski definition) is 1. The summed E-state index contributed by atoms with van der Waals surface area (Å²) in [5, 5.41) is 0. The van der Waals surface area contributed by atoms with Gasteiger partial charge in [0.05, 0.1) is 16.3 Å². The Labute approximate surface area is 165 Å². The van der Waals surface area contributed by atoms with E-state index in [9.17, 15) is 8.42 Å². The summed E-state index contributed by atoms with van der Waals surface area (Å²) in [7, 11) is -3.75. The maximum atomic E-state index is 13.0. The molecule has 140 valence electrons. The minimum Gasteiger partial charge on any atom is -0.246 e. The first-order valence-electron chi connectivity index (χ1n) is 8.97. The zero-order chi connectivity index (χ0) is 19.6. The van der Waals surface area contributed by atoms with Crippen molar-refractivity contribution in [2.24, 2.45) is 0 Å². The van der Waals surface area contributed by atoms with Gasteiger partial charge >= 0.3 is 0 Å². The van der Waals surface area contributed by atoms with E-state index in [2.05, 4.69) is 4.83 Å². The summed E-state index contributed by atoms with van der Waals surface area (Å²) in [5.41, 5.74) is 4.41. The average Bonchev–Trinajstić information content (AvgIpc) is 3.12. The maximum absolute atomic E-state index is 13.0. The number of benzene rings is 3. The molecule has 0 unspecified atom stereocenters. The van der Waals surface area contributed by atoms with Crippen LogP contribution in [-0.2, 0) is 10.0 Å². The van der Waals surface area contributed by atoms with E-state index in [-0.39, 0.29) is 4.90 Å². The van der Waals surface area contributed by atoms with E-state index in [0.717, 1.165) is 28.1 Å². The molecule has 0 saturated carbocycles. The lowest BCUT2D eigenvalue weighted by Gasteiger charge is -2.17. The third-order valence-electron chi connectivity index (χ3n) is 4.56. The van der Waals surface area contributed by atoms with Crippen LogP contribution in [0.5, 0.6) is 0 Å².